The molecule has 2 heterocycles. The Labute approximate surface area is 143 Å². The number of halogens is 2. The third-order valence-electron chi connectivity index (χ3n) is 4.66. The molecule has 0 saturated carbocycles. The fourth-order valence-corrected chi connectivity index (χ4v) is 3.21. The molecular weight excluding hydrogens is 336 g/mol. The molecule has 4 atom stereocenters. The Balaban J connectivity index is 1.91. The number of hydrogen-bond acceptors (Lipinski definition) is 5. The van der Waals surface area contributed by atoms with Gasteiger partial charge >= 0.3 is 6.09 Å². The van der Waals surface area contributed by atoms with Crippen molar-refractivity contribution in [3.8, 4) is 0 Å². The summed E-state index contributed by atoms with van der Waals surface area (Å²) in [6, 6.07) is 8.64. The first-order valence-corrected chi connectivity index (χ1v) is 7.83. The summed E-state index contributed by atoms with van der Waals surface area (Å²) in [5.41, 5.74) is 4.16. The van der Waals surface area contributed by atoms with Crippen LogP contribution in [-0.2, 0) is 14.3 Å². The first kappa shape index (κ1) is 17.6. The van der Waals surface area contributed by atoms with Crippen LogP contribution >= 0.6 is 0 Å². The highest BCUT2D eigenvalue weighted by Gasteiger charge is 2.57. The Kier molecular flexibility index (Phi) is 4.61. The number of carbonyl (C=O) groups excluding carboxylic acids is 2. The number of cyclic esters (lactones) is 1. The van der Waals surface area contributed by atoms with Gasteiger partial charge in [-0.3, -0.25) is 9.69 Å². The van der Waals surface area contributed by atoms with Crippen LogP contribution in [0.2, 0.25) is 0 Å². The lowest BCUT2D eigenvalue weighted by atomic mass is 9.90. The predicted octanol–water partition coefficient (Wildman–Crippen LogP) is 1.18. The van der Waals surface area contributed by atoms with E-state index in [1.165, 1.54) is 11.8 Å². The molecule has 2 amide bonds. The molecule has 25 heavy (non-hydrogen) atoms. The molecule has 0 bridgehead atoms. The Morgan fingerprint density at radius 1 is 1.24 bits per heavy atom. The van der Waals surface area contributed by atoms with Gasteiger partial charge in [0.15, 0.2) is 12.6 Å². The van der Waals surface area contributed by atoms with Gasteiger partial charge in [-0.05, 0) is 19.1 Å². The lowest BCUT2D eigenvalue weighted by molar-refractivity contribution is -0.199. The Hall–Kier alpha value is -2.26. The van der Waals surface area contributed by atoms with Crippen molar-refractivity contribution in [1.82, 2.24) is 4.90 Å². The maximum absolute atomic E-state index is 14.3. The van der Waals surface area contributed by atoms with Crippen LogP contribution in [-0.4, -0.2) is 60.9 Å². The Morgan fingerprint density at radius 3 is 2.40 bits per heavy atom. The highest BCUT2D eigenvalue weighted by atomic mass is 19.2. The molecule has 0 aromatic heterocycles. The van der Waals surface area contributed by atoms with Crippen molar-refractivity contribution >= 4 is 17.7 Å². The van der Waals surface area contributed by atoms with E-state index in [4.69, 9.17) is 15.2 Å². The zero-order valence-electron chi connectivity index (χ0n) is 13.6. The zero-order chi connectivity index (χ0) is 18.2. The number of nitrogens with zero attached hydrogens (tertiary/aromatic N) is 2. The highest BCUT2D eigenvalue weighted by molar-refractivity contribution is 5.92. The number of nitrogens with two attached hydrogens (primary N) is 1. The number of para-hydroxylation sites is 1. The number of anilines is 1. The molecule has 2 N–H and O–H groups in total. The average Bonchev–Trinajstić information content (AvgIpc) is 2.97. The van der Waals surface area contributed by atoms with Gasteiger partial charge < -0.3 is 15.2 Å². The number of primary amides is 1. The second-order valence-electron chi connectivity index (χ2n) is 6.14. The fourth-order valence-electron chi connectivity index (χ4n) is 3.21. The molecule has 9 heteroatoms. The third-order valence-corrected chi connectivity index (χ3v) is 4.66. The minimum Gasteiger partial charge on any atom is -0.441 e. The second kappa shape index (κ2) is 6.57. The van der Waals surface area contributed by atoms with Crippen LogP contribution in [0.5, 0.6) is 0 Å². The van der Waals surface area contributed by atoms with E-state index in [2.05, 4.69) is 0 Å². The largest absolute Gasteiger partial charge is 0.441 e. The van der Waals surface area contributed by atoms with Crippen molar-refractivity contribution < 1.29 is 27.8 Å². The predicted molar refractivity (Wildman–Crippen MR) is 84.1 cm³/mol. The van der Waals surface area contributed by atoms with Gasteiger partial charge in [-0.2, -0.15) is 0 Å². The van der Waals surface area contributed by atoms with Crippen LogP contribution in [0.25, 0.3) is 0 Å². The van der Waals surface area contributed by atoms with Crippen LogP contribution < -0.4 is 10.6 Å². The van der Waals surface area contributed by atoms with Crippen molar-refractivity contribution in [3.05, 3.63) is 30.3 Å². The summed E-state index contributed by atoms with van der Waals surface area (Å²) >= 11 is 0. The second-order valence-corrected chi connectivity index (χ2v) is 6.14. The van der Waals surface area contributed by atoms with E-state index >= 15 is 0 Å². The molecule has 3 rings (SSSR count). The van der Waals surface area contributed by atoms with Crippen LogP contribution in [0, 0.1) is 0 Å². The van der Waals surface area contributed by atoms with Gasteiger partial charge in [0.05, 0.1) is 19.8 Å². The molecule has 0 spiro atoms. The summed E-state index contributed by atoms with van der Waals surface area (Å²) in [4.78, 5) is 26.4. The van der Waals surface area contributed by atoms with Crippen LogP contribution in [0.4, 0.5) is 19.3 Å². The number of amides is 2. The number of ether oxygens (including phenoxy) is 2. The molecule has 2 saturated heterocycles. The van der Waals surface area contributed by atoms with Crippen molar-refractivity contribution in [2.75, 3.05) is 24.7 Å². The number of carbonyl (C=O) groups is 2. The fraction of sp³-hybridized carbons (Fsp3) is 0.500. The van der Waals surface area contributed by atoms with E-state index in [-0.39, 0.29) is 6.54 Å². The maximum atomic E-state index is 14.3. The van der Waals surface area contributed by atoms with Gasteiger partial charge in [0, 0.05) is 5.69 Å². The van der Waals surface area contributed by atoms with E-state index in [0.717, 1.165) is 0 Å². The van der Waals surface area contributed by atoms with E-state index in [1.54, 1.807) is 30.3 Å². The van der Waals surface area contributed by atoms with Crippen LogP contribution in [0.15, 0.2) is 30.3 Å². The number of alkyl halides is 2. The molecule has 2 fully saturated rings. The topological polar surface area (TPSA) is 85.1 Å². The SMILES string of the molecule is CC(C(N)=O)(C1CN(c2ccccc2)C(=O)O1)N1C(F)COCC1F. The summed E-state index contributed by atoms with van der Waals surface area (Å²) in [5, 5.41) is 0. The van der Waals surface area contributed by atoms with Crippen molar-refractivity contribution in [1.29, 1.82) is 0 Å². The normalized spacial score (nSPS) is 30.0. The number of morpholine rings is 1. The van der Waals surface area contributed by atoms with Crippen molar-refractivity contribution in [2.24, 2.45) is 5.73 Å². The van der Waals surface area contributed by atoms with Gasteiger partial charge in [-0.15, -0.1) is 0 Å². The van der Waals surface area contributed by atoms with E-state index in [9.17, 15) is 18.4 Å². The third kappa shape index (κ3) is 2.93. The molecule has 2 aliphatic heterocycles. The van der Waals surface area contributed by atoms with Crippen LogP contribution in [0.1, 0.15) is 6.92 Å². The first-order chi connectivity index (χ1) is 11.9. The zero-order valence-corrected chi connectivity index (χ0v) is 13.6. The number of rotatable bonds is 4. The van der Waals surface area contributed by atoms with E-state index in [1.807, 2.05) is 0 Å². The summed E-state index contributed by atoms with van der Waals surface area (Å²) in [6.45, 7) is 0.435. The van der Waals surface area contributed by atoms with Gasteiger partial charge in [0.25, 0.3) is 0 Å². The highest BCUT2D eigenvalue weighted by Crippen LogP contribution is 2.35. The monoisotopic (exact) mass is 355 g/mol. The van der Waals surface area contributed by atoms with Gasteiger partial charge in [0.2, 0.25) is 5.91 Å². The molecule has 0 aliphatic carbocycles. The van der Waals surface area contributed by atoms with Gasteiger partial charge in [0.1, 0.15) is 11.6 Å². The lowest BCUT2D eigenvalue weighted by Gasteiger charge is -2.46. The van der Waals surface area contributed by atoms with Gasteiger partial charge in [-0.25, -0.2) is 18.5 Å². The Morgan fingerprint density at radius 2 is 1.84 bits per heavy atom. The number of benzene rings is 1. The summed E-state index contributed by atoms with van der Waals surface area (Å²) in [7, 11) is 0. The molecular formula is C16H19F2N3O4. The Bertz CT molecular complexity index is 652. The van der Waals surface area contributed by atoms with Crippen molar-refractivity contribution in [3.63, 3.8) is 0 Å². The molecule has 2 aliphatic rings. The van der Waals surface area contributed by atoms with Crippen molar-refractivity contribution in [2.45, 2.75) is 31.2 Å². The minimum absolute atomic E-state index is 0.0565. The summed E-state index contributed by atoms with van der Waals surface area (Å²) in [6.07, 6.45) is -5.61. The smallest absolute Gasteiger partial charge is 0.414 e. The van der Waals surface area contributed by atoms with Gasteiger partial charge in [-0.1, -0.05) is 18.2 Å². The molecule has 1 aromatic carbocycles. The average molecular weight is 355 g/mol. The standard InChI is InChI=1S/C16H19F2N3O4/c1-16(14(19)22,21-12(17)8-24-9-13(21)18)11-7-20(15(23)25-11)10-5-3-2-4-6-10/h2-6,11-13H,7-9H2,1H3,(H2,19,22). The summed E-state index contributed by atoms with van der Waals surface area (Å²) < 4.78 is 38.7. The van der Waals surface area contributed by atoms with E-state index in [0.29, 0.717) is 10.6 Å². The molecule has 4 unspecified atom stereocenters. The van der Waals surface area contributed by atoms with E-state index < -0.39 is 49.4 Å². The quantitative estimate of drug-likeness (QED) is 0.820. The molecule has 136 valence electrons. The molecule has 1 aromatic rings. The first-order valence-electron chi connectivity index (χ1n) is 7.83. The summed E-state index contributed by atoms with van der Waals surface area (Å²) in [5.74, 6) is -0.979. The maximum Gasteiger partial charge on any atom is 0.414 e. The lowest BCUT2D eigenvalue weighted by Crippen LogP contribution is -2.69. The molecule has 0 radical (unpaired) electrons. The number of hydrogen-bond donors (Lipinski definition) is 1. The minimum atomic E-state index is -1.88. The molecule has 7 nitrogen and oxygen atoms in total. The van der Waals surface area contributed by atoms with Crippen LogP contribution in [0.3, 0.4) is 0 Å².